The maximum absolute atomic E-state index is 12.6. The lowest BCUT2D eigenvalue weighted by atomic mass is 9.98. The first kappa shape index (κ1) is 17.7. The molecule has 2 aromatic heterocycles. The Kier molecular flexibility index (Phi) is 4.70. The number of esters is 1. The normalized spacial score (nSPS) is 17.3. The number of H-pyrrole nitrogens is 1. The van der Waals surface area contributed by atoms with E-state index in [-0.39, 0.29) is 17.4 Å². The Morgan fingerprint density at radius 3 is 2.85 bits per heavy atom. The second-order valence-corrected chi connectivity index (χ2v) is 7.77. The van der Waals surface area contributed by atoms with Gasteiger partial charge in [0.05, 0.1) is 18.5 Å². The van der Waals surface area contributed by atoms with Crippen LogP contribution in [0.5, 0.6) is 0 Å². The first-order valence-electron chi connectivity index (χ1n) is 8.98. The van der Waals surface area contributed by atoms with Gasteiger partial charge in [-0.25, -0.2) is 4.98 Å². The predicted molar refractivity (Wildman–Crippen MR) is 107 cm³/mol. The molecule has 1 N–H and O–H groups in total. The van der Waals surface area contributed by atoms with Crippen LogP contribution in [0.2, 0.25) is 0 Å². The fourth-order valence-electron chi connectivity index (χ4n) is 3.53. The Hall–Kier alpha value is -2.67. The minimum Gasteiger partial charge on any atom is -0.469 e. The van der Waals surface area contributed by atoms with Crippen molar-refractivity contribution in [2.24, 2.45) is 5.92 Å². The quantitative estimate of drug-likeness (QED) is 0.702. The van der Waals surface area contributed by atoms with Crippen molar-refractivity contribution in [3.05, 3.63) is 45.6 Å². The molecule has 0 aliphatic carbocycles. The third kappa shape index (κ3) is 3.35. The molecule has 27 heavy (non-hydrogen) atoms. The number of methoxy groups -OCH3 is 1. The number of thiophene rings is 1. The van der Waals surface area contributed by atoms with Crippen LogP contribution in [-0.4, -0.2) is 36.1 Å². The van der Waals surface area contributed by atoms with Crippen molar-refractivity contribution in [2.75, 3.05) is 25.1 Å². The Morgan fingerprint density at radius 1 is 1.33 bits per heavy atom. The number of carbonyl (C=O) groups excluding carboxylic acids is 1. The summed E-state index contributed by atoms with van der Waals surface area (Å²) in [5, 5.41) is 1.98. The van der Waals surface area contributed by atoms with Crippen LogP contribution in [0.4, 0.5) is 5.95 Å². The highest BCUT2D eigenvalue weighted by Crippen LogP contribution is 2.32. The smallest absolute Gasteiger partial charge is 0.310 e. The van der Waals surface area contributed by atoms with Gasteiger partial charge in [-0.1, -0.05) is 29.8 Å². The zero-order chi connectivity index (χ0) is 19.0. The molecule has 7 heteroatoms. The largest absolute Gasteiger partial charge is 0.469 e. The molecule has 1 aliphatic heterocycles. The van der Waals surface area contributed by atoms with Crippen LogP contribution in [-0.2, 0) is 9.53 Å². The van der Waals surface area contributed by atoms with Gasteiger partial charge in [-0.15, -0.1) is 11.3 Å². The van der Waals surface area contributed by atoms with E-state index in [0.29, 0.717) is 22.7 Å². The Balaban J connectivity index is 1.74. The number of aromatic amines is 1. The molecule has 1 fully saturated rings. The van der Waals surface area contributed by atoms with E-state index in [2.05, 4.69) is 17.1 Å². The zero-order valence-electron chi connectivity index (χ0n) is 15.3. The van der Waals surface area contributed by atoms with Crippen LogP contribution in [0.15, 0.2) is 34.4 Å². The van der Waals surface area contributed by atoms with Crippen LogP contribution in [0.3, 0.4) is 0 Å². The van der Waals surface area contributed by atoms with E-state index in [1.165, 1.54) is 24.0 Å². The fraction of sp³-hybridized carbons (Fsp3) is 0.350. The summed E-state index contributed by atoms with van der Waals surface area (Å²) >= 11 is 1.41. The van der Waals surface area contributed by atoms with Crippen molar-refractivity contribution in [1.82, 2.24) is 9.97 Å². The van der Waals surface area contributed by atoms with Gasteiger partial charge in [0, 0.05) is 24.0 Å². The molecule has 0 unspecified atom stereocenters. The van der Waals surface area contributed by atoms with Gasteiger partial charge in [-0.05, 0) is 25.3 Å². The van der Waals surface area contributed by atoms with Crippen LogP contribution in [0, 0.1) is 12.8 Å². The molecule has 140 valence electrons. The molecule has 1 aliphatic rings. The van der Waals surface area contributed by atoms with Crippen molar-refractivity contribution < 1.29 is 9.53 Å². The third-order valence-corrected chi connectivity index (χ3v) is 6.00. The average Bonchev–Trinajstić information content (AvgIpc) is 3.12. The fourth-order valence-corrected chi connectivity index (χ4v) is 4.44. The number of rotatable bonds is 3. The summed E-state index contributed by atoms with van der Waals surface area (Å²) in [6.45, 7) is 3.31. The summed E-state index contributed by atoms with van der Waals surface area (Å²) in [5.74, 6) is 0.121. The number of nitrogens with one attached hydrogen (secondary N) is 1. The number of benzene rings is 1. The molecule has 0 amide bonds. The lowest BCUT2D eigenvalue weighted by molar-refractivity contribution is -0.145. The number of hydrogen-bond acceptors (Lipinski definition) is 6. The first-order valence-corrected chi connectivity index (χ1v) is 9.86. The molecule has 6 nitrogen and oxygen atoms in total. The molecule has 1 saturated heterocycles. The van der Waals surface area contributed by atoms with Gasteiger partial charge in [0.2, 0.25) is 5.95 Å². The van der Waals surface area contributed by atoms with E-state index < -0.39 is 0 Å². The van der Waals surface area contributed by atoms with Gasteiger partial charge in [0.25, 0.3) is 5.56 Å². The summed E-state index contributed by atoms with van der Waals surface area (Å²) in [4.78, 5) is 34.1. The summed E-state index contributed by atoms with van der Waals surface area (Å²) in [7, 11) is 1.41. The number of ether oxygens (including phenoxy) is 1. The van der Waals surface area contributed by atoms with Crippen molar-refractivity contribution in [3.8, 4) is 11.1 Å². The van der Waals surface area contributed by atoms with Crippen LogP contribution < -0.4 is 10.5 Å². The summed E-state index contributed by atoms with van der Waals surface area (Å²) in [5.41, 5.74) is 3.76. The van der Waals surface area contributed by atoms with Gasteiger partial charge in [-0.3, -0.25) is 14.6 Å². The number of hydrogen-bond donors (Lipinski definition) is 1. The standard InChI is InChI=1S/C20H21N3O3S/c1-12-5-7-13(8-6-12)15-11-27-17-16(15)21-20(22-18(17)24)23-9-3-4-14(10-23)19(25)26-2/h5-8,11,14H,3-4,9-10H2,1-2H3,(H,21,22,24)/t14-/m1/s1. The summed E-state index contributed by atoms with van der Waals surface area (Å²) in [6, 6.07) is 8.21. The van der Waals surface area contributed by atoms with Gasteiger partial charge >= 0.3 is 5.97 Å². The topological polar surface area (TPSA) is 75.3 Å². The number of carbonyl (C=O) groups is 1. The van der Waals surface area contributed by atoms with Crippen LogP contribution in [0.25, 0.3) is 21.3 Å². The van der Waals surface area contributed by atoms with Gasteiger partial charge in [0.1, 0.15) is 4.70 Å². The molecule has 1 aromatic carbocycles. The highest BCUT2D eigenvalue weighted by molar-refractivity contribution is 7.17. The van der Waals surface area contributed by atoms with E-state index >= 15 is 0 Å². The Morgan fingerprint density at radius 2 is 2.11 bits per heavy atom. The number of piperidine rings is 1. The number of nitrogens with zero attached hydrogens (tertiary/aromatic N) is 2. The molecule has 3 heterocycles. The molecular weight excluding hydrogens is 362 g/mol. The number of aryl methyl sites for hydroxylation is 1. The number of fused-ring (bicyclic) bond motifs is 1. The van der Waals surface area contributed by atoms with Gasteiger partial charge in [-0.2, -0.15) is 0 Å². The minimum atomic E-state index is -0.209. The van der Waals surface area contributed by atoms with Crippen molar-refractivity contribution in [3.63, 3.8) is 0 Å². The molecule has 0 saturated carbocycles. The maximum Gasteiger partial charge on any atom is 0.310 e. The lowest BCUT2D eigenvalue weighted by Gasteiger charge is -2.31. The number of aromatic nitrogens is 2. The highest BCUT2D eigenvalue weighted by Gasteiger charge is 2.28. The van der Waals surface area contributed by atoms with Gasteiger partial charge in [0.15, 0.2) is 0 Å². The first-order chi connectivity index (χ1) is 13.1. The van der Waals surface area contributed by atoms with E-state index in [1.807, 2.05) is 29.3 Å². The second kappa shape index (κ2) is 7.15. The van der Waals surface area contributed by atoms with E-state index in [9.17, 15) is 9.59 Å². The van der Waals surface area contributed by atoms with E-state index in [0.717, 1.165) is 30.5 Å². The number of anilines is 1. The second-order valence-electron chi connectivity index (χ2n) is 6.89. The van der Waals surface area contributed by atoms with E-state index in [1.54, 1.807) is 0 Å². The summed E-state index contributed by atoms with van der Waals surface area (Å²) in [6.07, 6.45) is 1.65. The molecule has 3 aromatic rings. The predicted octanol–water partition coefficient (Wildman–Crippen LogP) is 3.35. The molecule has 0 radical (unpaired) electrons. The molecular formula is C20H21N3O3S. The van der Waals surface area contributed by atoms with Gasteiger partial charge < -0.3 is 9.64 Å². The minimum absolute atomic E-state index is 0.140. The van der Waals surface area contributed by atoms with Crippen molar-refractivity contribution >= 4 is 33.5 Å². The van der Waals surface area contributed by atoms with Crippen LogP contribution in [0.1, 0.15) is 18.4 Å². The monoisotopic (exact) mass is 383 g/mol. The average molecular weight is 383 g/mol. The third-order valence-electron chi connectivity index (χ3n) is 5.03. The maximum atomic E-state index is 12.6. The zero-order valence-corrected chi connectivity index (χ0v) is 16.1. The Bertz CT molecular complexity index is 1040. The van der Waals surface area contributed by atoms with Crippen molar-refractivity contribution in [2.45, 2.75) is 19.8 Å². The SMILES string of the molecule is COC(=O)[C@@H]1CCCN(c2nc3c(-c4ccc(C)cc4)csc3c(=O)[nH]2)C1. The molecule has 0 spiro atoms. The van der Waals surface area contributed by atoms with Crippen molar-refractivity contribution in [1.29, 1.82) is 0 Å². The van der Waals surface area contributed by atoms with Crippen LogP contribution >= 0.6 is 11.3 Å². The highest BCUT2D eigenvalue weighted by atomic mass is 32.1. The Labute approximate surface area is 160 Å². The molecule has 4 rings (SSSR count). The molecule has 0 bridgehead atoms. The lowest BCUT2D eigenvalue weighted by Crippen LogP contribution is -2.40. The summed E-state index contributed by atoms with van der Waals surface area (Å²) < 4.78 is 5.51. The molecule has 1 atom stereocenters. The van der Waals surface area contributed by atoms with E-state index in [4.69, 9.17) is 9.72 Å².